The Morgan fingerprint density at radius 3 is 2.61 bits per heavy atom. The molecule has 0 saturated carbocycles. The van der Waals surface area contributed by atoms with Crippen molar-refractivity contribution in [2.45, 2.75) is 19.8 Å². The third kappa shape index (κ3) is 1.43. The van der Waals surface area contributed by atoms with E-state index in [0.29, 0.717) is 23.5 Å². The molecule has 1 aromatic rings. The summed E-state index contributed by atoms with van der Waals surface area (Å²) in [4.78, 5) is 24.3. The van der Waals surface area contributed by atoms with Gasteiger partial charge in [0.25, 0.3) is 0 Å². The van der Waals surface area contributed by atoms with E-state index in [2.05, 4.69) is 0 Å². The van der Waals surface area contributed by atoms with Crippen LogP contribution in [-0.4, -0.2) is 18.2 Å². The number of ketones is 2. The fourth-order valence-electron chi connectivity index (χ4n) is 2.75. The molecule has 1 aromatic carbocycles. The Hall–Kier alpha value is -1.90. The predicted molar refractivity (Wildman–Crippen MR) is 67.0 cm³/mol. The second-order valence-electron chi connectivity index (χ2n) is 4.69. The first kappa shape index (κ1) is 11.2. The van der Waals surface area contributed by atoms with E-state index in [0.717, 1.165) is 18.4 Å². The minimum absolute atomic E-state index is 0.151. The highest BCUT2D eigenvalue weighted by Crippen LogP contribution is 2.39. The Morgan fingerprint density at radius 2 is 1.89 bits per heavy atom. The average molecular weight is 242 g/mol. The van der Waals surface area contributed by atoms with Crippen LogP contribution in [0.5, 0.6) is 0 Å². The lowest BCUT2D eigenvalue weighted by atomic mass is 9.79. The van der Waals surface area contributed by atoms with Crippen molar-refractivity contribution in [2.24, 2.45) is 5.92 Å². The number of hydrogen-bond donors (Lipinski definition) is 0. The molecule has 1 aliphatic carbocycles. The van der Waals surface area contributed by atoms with Crippen molar-refractivity contribution < 1.29 is 14.3 Å². The van der Waals surface area contributed by atoms with Gasteiger partial charge in [0, 0.05) is 16.7 Å². The molecular weight excluding hydrogens is 228 g/mol. The first-order chi connectivity index (χ1) is 8.74. The lowest BCUT2D eigenvalue weighted by Crippen LogP contribution is -2.31. The molecule has 1 heterocycles. The molecule has 0 amide bonds. The Labute approximate surface area is 105 Å². The molecular formula is C15H14O3. The number of rotatable bonds is 1. The smallest absolute Gasteiger partial charge is 0.234 e. The summed E-state index contributed by atoms with van der Waals surface area (Å²) in [5.41, 5.74) is 1.83. The largest absolute Gasteiger partial charge is 0.492 e. The van der Waals surface area contributed by atoms with E-state index in [-0.39, 0.29) is 11.7 Å². The van der Waals surface area contributed by atoms with Crippen molar-refractivity contribution in [1.82, 2.24) is 0 Å². The van der Waals surface area contributed by atoms with E-state index in [1.54, 1.807) is 12.1 Å². The molecule has 2 aliphatic rings. The molecule has 0 bridgehead atoms. The van der Waals surface area contributed by atoms with Gasteiger partial charge in [-0.15, -0.1) is 0 Å². The SMILES string of the molecule is CC[C@H]1CCOC2=C1C(=O)C(=O)c1ccccc12. The second-order valence-corrected chi connectivity index (χ2v) is 4.69. The summed E-state index contributed by atoms with van der Waals surface area (Å²) in [7, 11) is 0. The van der Waals surface area contributed by atoms with E-state index in [1.165, 1.54) is 0 Å². The van der Waals surface area contributed by atoms with E-state index in [1.807, 2.05) is 19.1 Å². The molecule has 3 nitrogen and oxygen atoms in total. The Kier molecular flexibility index (Phi) is 2.54. The van der Waals surface area contributed by atoms with Gasteiger partial charge >= 0.3 is 0 Å². The summed E-state index contributed by atoms with van der Waals surface area (Å²) in [6.07, 6.45) is 1.68. The molecule has 0 fully saturated rings. The number of carbonyl (C=O) groups excluding carboxylic acids is 2. The Morgan fingerprint density at radius 1 is 1.17 bits per heavy atom. The van der Waals surface area contributed by atoms with Crippen molar-refractivity contribution in [3.8, 4) is 0 Å². The number of benzene rings is 1. The summed E-state index contributed by atoms with van der Waals surface area (Å²) in [5.74, 6) is 0.00964. The zero-order valence-electron chi connectivity index (χ0n) is 10.2. The average Bonchev–Trinajstić information content (AvgIpc) is 2.44. The normalized spacial score (nSPS) is 22.4. The van der Waals surface area contributed by atoms with Crippen molar-refractivity contribution in [1.29, 1.82) is 0 Å². The fourth-order valence-corrected chi connectivity index (χ4v) is 2.75. The third-order valence-corrected chi connectivity index (χ3v) is 3.73. The second kappa shape index (κ2) is 4.09. The van der Waals surface area contributed by atoms with Crippen molar-refractivity contribution >= 4 is 17.3 Å². The number of hydrogen-bond acceptors (Lipinski definition) is 3. The molecule has 1 aliphatic heterocycles. The van der Waals surface area contributed by atoms with Crippen LogP contribution in [0, 0.1) is 5.92 Å². The van der Waals surface area contributed by atoms with Crippen LogP contribution in [0.25, 0.3) is 5.76 Å². The van der Waals surface area contributed by atoms with Crippen LogP contribution >= 0.6 is 0 Å². The number of allylic oxidation sites excluding steroid dienone is 1. The molecule has 0 N–H and O–H groups in total. The van der Waals surface area contributed by atoms with Gasteiger partial charge < -0.3 is 4.74 Å². The van der Waals surface area contributed by atoms with Crippen LogP contribution in [0.2, 0.25) is 0 Å². The molecule has 18 heavy (non-hydrogen) atoms. The fraction of sp³-hybridized carbons (Fsp3) is 0.333. The van der Waals surface area contributed by atoms with Gasteiger partial charge in [-0.2, -0.15) is 0 Å². The monoisotopic (exact) mass is 242 g/mol. The minimum atomic E-state index is -0.395. The van der Waals surface area contributed by atoms with Gasteiger partial charge in [0.2, 0.25) is 11.6 Å². The van der Waals surface area contributed by atoms with Crippen molar-refractivity contribution in [3.05, 3.63) is 41.0 Å². The summed E-state index contributed by atoms with van der Waals surface area (Å²) in [6.45, 7) is 2.66. The highest BCUT2D eigenvalue weighted by molar-refractivity contribution is 6.52. The molecule has 0 unspecified atom stereocenters. The standard InChI is InChI=1S/C15H14O3/c1-2-9-7-8-18-15-11-6-4-3-5-10(11)13(16)14(17)12(9)15/h3-6,9H,2,7-8H2,1H3/t9-/m0/s1. The zero-order chi connectivity index (χ0) is 12.7. The summed E-state index contributed by atoms with van der Waals surface area (Å²) in [5, 5.41) is 0. The minimum Gasteiger partial charge on any atom is -0.492 e. The number of Topliss-reactive ketones (excluding diaryl/α,β-unsaturated/α-hetero) is 2. The maximum atomic E-state index is 12.2. The highest BCUT2D eigenvalue weighted by Gasteiger charge is 2.38. The lowest BCUT2D eigenvalue weighted by molar-refractivity contribution is -0.112. The quantitative estimate of drug-likeness (QED) is 0.711. The van der Waals surface area contributed by atoms with Gasteiger partial charge in [-0.3, -0.25) is 9.59 Å². The molecule has 0 saturated heterocycles. The maximum absolute atomic E-state index is 12.2. The van der Waals surface area contributed by atoms with Crippen LogP contribution in [0.15, 0.2) is 29.8 Å². The first-order valence-electron chi connectivity index (χ1n) is 6.29. The Balaban J connectivity index is 2.25. The molecule has 0 aromatic heterocycles. The van der Waals surface area contributed by atoms with Crippen LogP contribution in [0.3, 0.4) is 0 Å². The van der Waals surface area contributed by atoms with Crippen molar-refractivity contribution in [3.63, 3.8) is 0 Å². The van der Waals surface area contributed by atoms with Gasteiger partial charge in [0.1, 0.15) is 5.76 Å². The van der Waals surface area contributed by atoms with Crippen molar-refractivity contribution in [2.75, 3.05) is 6.61 Å². The third-order valence-electron chi connectivity index (χ3n) is 3.73. The van der Waals surface area contributed by atoms with E-state index in [4.69, 9.17) is 4.74 Å². The van der Waals surface area contributed by atoms with Gasteiger partial charge in [0.05, 0.1) is 6.61 Å². The van der Waals surface area contributed by atoms with Crippen LogP contribution in [0.1, 0.15) is 35.7 Å². The Bertz CT molecular complexity index is 569. The molecule has 92 valence electrons. The number of carbonyl (C=O) groups is 2. The number of fused-ring (bicyclic) bond motifs is 2. The van der Waals surface area contributed by atoms with E-state index in [9.17, 15) is 9.59 Å². The van der Waals surface area contributed by atoms with Gasteiger partial charge in [-0.25, -0.2) is 0 Å². The first-order valence-corrected chi connectivity index (χ1v) is 6.29. The molecule has 0 spiro atoms. The van der Waals surface area contributed by atoms with E-state index >= 15 is 0 Å². The zero-order valence-corrected chi connectivity index (χ0v) is 10.2. The van der Waals surface area contributed by atoms with Crippen LogP contribution < -0.4 is 0 Å². The maximum Gasteiger partial charge on any atom is 0.234 e. The molecule has 1 atom stereocenters. The topological polar surface area (TPSA) is 43.4 Å². The van der Waals surface area contributed by atoms with Gasteiger partial charge in [-0.1, -0.05) is 31.2 Å². The van der Waals surface area contributed by atoms with E-state index < -0.39 is 5.78 Å². The van der Waals surface area contributed by atoms with Gasteiger partial charge in [-0.05, 0) is 18.8 Å². The number of ether oxygens (including phenoxy) is 1. The predicted octanol–water partition coefficient (Wildman–Crippen LogP) is 2.61. The lowest BCUT2D eigenvalue weighted by Gasteiger charge is -2.30. The highest BCUT2D eigenvalue weighted by atomic mass is 16.5. The summed E-state index contributed by atoms with van der Waals surface area (Å²) in [6, 6.07) is 7.19. The van der Waals surface area contributed by atoms with Gasteiger partial charge in [0.15, 0.2) is 0 Å². The molecule has 3 heteroatoms. The molecule has 3 rings (SSSR count). The summed E-state index contributed by atoms with van der Waals surface area (Å²) < 4.78 is 5.67. The van der Waals surface area contributed by atoms with Crippen LogP contribution in [0.4, 0.5) is 0 Å². The van der Waals surface area contributed by atoms with Crippen LogP contribution in [-0.2, 0) is 9.53 Å². The molecule has 0 radical (unpaired) electrons. The summed E-state index contributed by atoms with van der Waals surface area (Å²) >= 11 is 0.